The molecule has 0 aromatic heterocycles. The number of carbonyl (C=O) groups is 2. The molecule has 0 aliphatic carbocycles. The van der Waals surface area contributed by atoms with E-state index in [9.17, 15) is 18.0 Å². The smallest absolute Gasteiger partial charge is 0.264 e. The molecule has 0 fully saturated rings. The molecule has 0 aliphatic rings. The predicted molar refractivity (Wildman–Crippen MR) is 147 cm³/mol. The Morgan fingerprint density at radius 3 is 2.24 bits per heavy atom. The molecule has 1 atom stereocenters. The summed E-state index contributed by atoms with van der Waals surface area (Å²) in [6.45, 7) is 7.28. The third-order valence-corrected chi connectivity index (χ3v) is 7.96. The average molecular weight is 542 g/mol. The van der Waals surface area contributed by atoms with Crippen molar-refractivity contribution in [3.05, 3.63) is 94.5 Å². The molecule has 3 aromatic rings. The minimum Gasteiger partial charge on any atom is -0.355 e. The van der Waals surface area contributed by atoms with Gasteiger partial charge in [-0.05, 0) is 63.6 Å². The van der Waals surface area contributed by atoms with Crippen LogP contribution in [0.25, 0.3) is 0 Å². The number of anilines is 1. The molecule has 0 saturated heterocycles. The number of benzene rings is 3. The van der Waals surface area contributed by atoms with Crippen LogP contribution < -0.4 is 9.62 Å². The summed E-state index contributed by atoms with van der Waals surface area (Å²) in [5, 5.41) is 3.08. The first-order valence-electron chi connectivity index (χ1n) is 12.0. The highest BCUT2D eigenvalue weighted by atomic mass is 35.5. The minimum atomic E-state index is -4.13. The molecule has 3 rings (SSSR count). The minimum absolute atomic E-state index is 0.0490. The van der Waals surface area contributed by atoms with Crippen LogP contribution in [0.3, 0.4) is 0 Å². The van der Waals surface area contributed by atoms with Gasteiger partial charge in [-0.15, -0.1) is 0 Å². The molecule has 1 N–H and O–H groups in total. The zero-order chi connectivity index (χ0) is 27.2. The highest BCUT2D eigenvalue weighted by Gasteiger charge is 2.32. The maximum absolute atomic E-state index is 13.8. The number of carbonyl (C=O) groups excluding carboxylic acids is 2. The third kappa shape index (κ3) is 7.11. The van der Waals surface area contributed by atoms with E-state index in [4.69, 9.17) is 11.6 Å². The molecule has 9 heteroatoms. The van der Waals surface area contributed by atoms with E-state index in [2.05, 4.69) is 5.32 Å². The highest BCUT2D eigenvalue weighted by molar-refractivity contribution is 7.92. The van der Waals surface area contributed by atoms with Crippen molar-refractivity contribution in [3.63, 3.8) is 0 Å². The van der Waals surface area contributed by atoms with Gasteiger partial charge in [0, 0.05) is 18.1 Å². The van der Waals surface area contributed by atoms with Crippen LogP contribution in [0.1, 0.15) is 30.5 Å². The van der Waals surface area contributed by atoms with Crippen molar-refractivity contribution in [1.82, 2.24) is 10.2 Å². The standard InChI is InChI=1S/C28H32ClN3O4S/c1-5-30-28(34)22(4)31(18-23-9-6-8-21(3)16-23)27(33)19-32(25-11-7-10-24(29)17-25)37(35,36)26-14-12-20(2)13-15-26/h6-17,22H,5,18-19H2,1-4H3,(H,30,34). The number of hydrogen-bond acceptors (Lipinski definition) is 4. The van der Waals surface area contributed by atoms with Gasteiger partial charge in [-0.1, -0.05) is 65.2 Å². The van der Waals surface area contributed by atoms with Crippen LogP contribution in [-0.4, -0.2) is 44.3 Å². The van der Waals surface area contributed by atoms with Crippen LogP contribution in [0.5, 0.6) is 0 Å². The van der Waals surface area contributed by atoms with E-state index in [0.29, 0.717) is 11.6 Å². The predicted octanol–water partition coefficient (Wildman–Crippen LogP) is 4.71. The zero-order valence-electron chi connectivity index (χ0n) is 21.4. The molecule has 196 valence electrons. The van der Waals surface area contributed by atoms with Crippen molar-refractivity contribution in [1.29, 1.82) is 0 Å². The number of nitrogens with zero attached hydrogens (tertiary/aromatic N) is 2. The number of hydrogen-bond donors (Lipinski definition) is 1. The van der Waals surface area contributed by atoms with Crippen molar-refractivity contribution in [2.24, 2.45) is 0 Å². The fraction of sp³-hybridized carbons (Fsp3) is 0.286. The Bertz CT molecular complexity index is 1360. The lowest BCUT2D eigenvalue weighted by atomic mass is 10.1. The molecule has 2 amide bonds. The Kier molecular flexibility index (Phi) is 9.34. The van der Waals surface area contributed by atoms with Gasteiger partial charge in [0.15, 0.2) is 0 Å². The highest BCUT2D eigenvalue weighted by Crippen LogP contribution is 2.27. The fourth-order valence-corrected chi connectivity index (χ4v) is 5.50. The summed E-state index contributed by atoms with van der Waals surface area (Å²) in [4.78, 5) is 28.0. The van der Waals surface area contributed by atoms with Crippen molar-refractivity contribution in [2.45, 2.75) is 45.2 Å². The summed E-state index contributed by atoms with van der Waals surface area (Å²) in [5.41, 5.74) is 3.00. The molecular formula is C28H32ClN3O4S. The van der Waals surface area contributed by atoms with Gasteiger partial charge in [-0.25, -0.2) is 8.42 Å². The van der Waals surface area contributed by atoms with Crippen LogP contribution >= 0.6 is 11.6 Å². The normalized spacial score (nSPS) is 12.0. The maximum atomic E-state index is 13.8. The van der Waals surface area contributed by atoms with E-state index < -0.39 is 28.5 Å². The first-order chi connectivity index (χ1) is 17.5. The summed E-state index contributed by atoms with van der Waals surface area (Å²) in [5.74, 6) is -0.838. The lowest BCUT2D eigenvalue weighted by molar-refractivity contribution is -0.139. The molecule has 1 unspecified atom stereocenters. The van der Waals surface area contributed by atoms with Crippen LogP contribution in [0.2, 0.25) is 5.02 Å². The molecule has 0 saturated carbocycles. The van der Waals surface area contributed by atoms with E-state index in [0.717, 1.165) is 21.0 Å². The number of nitrogens with one attached hydrogen (secondary N) is 1. The lowest BCUT2D eigenvalue weighted by Crippen LogP contribution is -2.51. The molecule has 0 bridgehead atoms. The van der Waals surface area contributed by atoms with Gasteiger partial charge >= 0.3 is 0 Å². The average Bonchev–Trinajstić information content (AvgIpc) is 2.85. The molecule has 37 heavy (non-hydrogen) atoms. The van der Waals surface area contributed by atoms with E-state index in [-0.39, 0.29) is 23.0 Å². The summed E-state index contributed by atoms with van der Waals surface area (Å²) >= 11 is 6.18. The molecule has 0 aliphatic heterocycles. The lowest BCUT2D eigenvalue weighted by Gasteiger charge is -2.32. The first-order valence-corrected chi connectivity index (χ1v) is 13.8. The molecule has 0 radical (unpaired) electrons. The largest absolute Gasteiger partial charge is 0.355 e. The second-order valence-corrected chi connectivity index (χ2v) is 11.2. The van der Waals surface area contributed by atoms with Crippen LogP contribution in [-0.2, 0) is 26.2 Å². The monoisotopic (exact) mass is 541 g/mol. The fourth-order valence-electron chi connectivity index (χ4n) is 3.91. The van der Waals surface area contributed by atoms with E-state index in [1.54, 1.807) is 44.2 Å². The summed E-state index contributed by atoms with van der Waals surface area (Å²) < 4.78 is 28.6. The number of amides is 2. The molecule has 0 spiro atoms. The van der Waals surface area contributed by atoms with Crippen LogP contribution in [0.4, 0.5) is 5.69 Å². The first kappa shape index (κ1) is 28.2. The molecular weight excluding hydrogens is 510 g/mol. The van der Waals surface area contributed by atoms with E-state index >= 15 is 0 Å². The number of aryl methyl sites for hydroxylation is 2. The number of rotatable bonds is 10. The molecule has 0 heterocycles. The van der Waals surface area contributed by atoms with Crippen molar-refractivity contribution < 1.29 is 18.0 Å². The Labute approximate surface area is 224 Å². The second-order valence-electron chi connectivity index (χ2n) is 8.89. The van der Waals surface area contributed by atoms with Gasteiger partial charge in [0.25, 0.3) is 10.0 Å². The molecule has 7 nitrogen and oxygen atoms in total. The van der Waals surface area contributed by atoms with Gasteiger partial charge in [0.2, 0.25) is 11.8 Å². The summed E-state index contributed by atoms with van der Waals surface area (Å²) in [6, 6.07) is 19.6. The Balaban J connectivity index is 2.03. The summed E-state index contributed by atoms with van der Waals surface area (Å²) in [6.07, 6.45) is 0. The summed E-state index contributed by atoms with van der Waals surface area (Å²) in [7, 11) is -4.13. The Hall–Kier alpha value is -3.36. The van der Waals surface area contributed by atoms with Gasteiger partial charge in [-0.3, -0.25) is 13.9 Å². The topological polar surface area (TPSA) is 86.8 Å². The van der Waals surface area contributed by atoms with Crippen molar-refractivity contribution in [2.75, 3.05) is 17.4 Å². The Morgan fingerprint density at radius 2 is 1.62 bits per heavy atom. The van der Waals surface area contributed by atoms with Gasteiger partial charge in [-0.2, -0.15) is 0 Å². The third-order valence-electron chi connectivity index (χ3n) is 5.94. The van der Waals surface area contributed by atoms with Crippen LogP contribution in [0.15, 0.2) is 77.7 Å². The van der Waals surface area contributed by atoms with Gasteiger partial charge in [0.1, 0.15) is 12.6 Å². The zero-order valence-corrected chi connectivity index (χ0v) is 23.0. The van der Waals surface area contributed by atoms with Crippen molar-refractivity contribution in [3.8, 4) is 0 Å². The van der Waals surface area contributed by atoms with Gasteiger partial charge in [0.05, 0.1) is 10.6 Å². The SMILES string of the molecule is CCNC(=O)C(C)N(Cc1cccc(C)c1)C(=O)CN(c1cccc(Cl)c1)S(=O)(=O)c1ccc(C)cc1. The van der Waals surface area contributed by atoms with E-state index in [1.807, 2.05) is 38.1 Å². The van der Waals surface area contributed by atoms with Crippen LogP contribution in [0, 0.1) is 13.8 Å². The molecule has 3 aromatic carbocycles. The van der Waals surface area contributed by atoms with Crippen molar-refractivity contribution >= 4 is 39.1 Å². The quantitative estimate of drug-likeness (QED) is 0.403. The number of sulfonamides is 1. The van der Waals surface area contributed by atoms with Gasteiger partial charge < -0.3 is 10.2 Å². The van der Waals surface area contributed by atoms with E-state index in [1.165, 1.54) is 23.1 Å². The number of halogens is 1. The second kappa shape index (κ2) is 12.3. The number of likely N-dealkylation sites (N-methyl/N-ethyl adjacent to an activating group) is 1. The maximum Gasteiger partial charge on any atom is 0.264 e. The Morgan fingerprint density at radius 1 is 0.946 bits per heavy atom.